The lowest BCUT2D eigenvalue weighted by Gasteiger charge is -2.12. The lowest BCUT2D eigenvalue weighted by molar-refractivity contribution is -0.109. The van der Waals surface area contributed by atoms with Gasteiger partial charge in [0, 0.05) is 6.54 Å². The molecule has 0 radical (unpaired) electrons. The third-order valence-corrected chi connectivity index (χ3v) is 3.07. The Morgan fingerprint density at radius 1 is 1.32 bits per heavy atom. The molecule has 118 valence electrons. The van der Waals surface area contributed by atoms with E-state index >= 15 is 0 Å². The van der Waals surface area contributed by atoms with Gasteiger partial charge in [0.1, 0.15) is 0 Å². The zero-order valence-electron chi connectivity index (χ0n) is 13.2. The number of hydrogen-bond acceptors (Lipinski definition) is 4. The number of rotatable bonds is 9. The van der Waals surface area contributed by atoms with Crippen molar-refractivity contribution in [3.8, 4) is 0 Å². The number of nitrogens with zero attached hydrogens (tertiary/aromatic N) is 1. The van der Waals surface area contributed by atoms with Crippen molar-refractivity contribution < 1.29 is 4.79 Å². The fraction of sp³-hybridized carbons (Fsp3) is 0.294. The Kier molecular flexibility index (Phi) is 8.12. The van der Waals surface area contributed by atoms with Gasteiger partial charge in [-0.3, -0.25) is 10.2 Å². The highest BCUT2D eigenvalue weighted by Gasteiger charge is 2.09. The summed E-state index contributed by atoms with van der Waals surface area (Å²) in [4.78, 5) is 10.4. The van der Waals surface area contributed by atoms with Crippen LogP contribution < -0.4 is 16.5 Å². The van der Waals surface area contributed by atoms with Gasteiger partial charge in [-0.2, -0.15) is 5.10 Å². The van der Waals surface area contributed by atoms with Crippen molar-refractivity contribution in [1.82, 2.24) is 5.32 Å². The van der Waals surface area contributed by atoms with Gasteiger partial charge in [-0.05, 0) is 49.2 Å². The number of carbonyl (C=O) groups is 1. The van der Waals surface area contributed by atoms with Crippen LogP contribution >= 0.6 is 0 Å². The molecular formula is C17H24N4O. The largest absolute Gasteiger partial charge is 0.404 e. The second kappa shape index (κ2) is 10.2. The fourth-order valence-corrected chi connectivity index (χ4v) is 1.95. The molecule has 0 saturated carbocycles. The van der Waals surface area contributed by atoms with Gasteiger partial charge in [0.05, 0.1) is 11.4 Å². The second-order valence-corrected chi connectivity index (χ2v) is 4.75. The Bertz CT molecular complexity index is 547. The molecule has 0 aromatic heterocycles. The number of nitrogens with one attached hydrogen (secondary N) is 2. The zero-order valence-corrected chi connectivity index (χ0v) is 13.2. The summed E-state index contributed by atoms with van der Waals surface area (Å²) in [6, 6.07) is 9.73. The van der Waals surface area contributed by atoms with Gasteiger partial charge in [0.25, 0.3) is 0 Å². The van der Waals surface area contributed by atoms with Crippen LogP contribution in [0.4, 0.5) is 5.69 Å². The molecule has 0 spiro atoms. The molecule has 0 bridgehead atoms. The maximum absolute atomic E-state index is 10.4. The highest BCUT2D eigenvalue weighted by atomic mass is 16.1. The Morgan fingerprint density at radius 2 is 2.05 bits per heavy atom. The normalized spacial score (nSPS) is 12.9. The van der Waals surface area contributed by atoms with Gasteiger partial charge in [0.15, 0.2) is 0 Å². The van der Waals surface area contributed by atoms with Crippen molar-refractivity contribution in [2.75, 3.05) is 12.0 Å². The van der Waals surface area contributed by atoms with Crippen LogP contribution in [0.2, 0.25) is 0 Å². The SMILES string of the molecule is CC/C=C(CCNC=O)/C(=N/Nc1ccccc1)C(/C)=C/N. The van der Waals surface area contributed by atoms with Crippen LogP contribution in [0.5, 0.6) is 0 Å². The zero-order chi connectivity index (χ0) is 16.2. The lowest BCUT2D eigenvalue weighted by atomic mass is 10.0. The van der Waals surface area contributed by atoms with E-state index in [2.05, 4.69) is 28.8 Å². The van der Waals surface area contributed by atoms with Crippen molar-refractivity contribution in [2.24, 2.45) is 10.8 Å². The van der Waals surface area contributed by atoms with E-state index in [0.717, 1.165) is 29.0 Å². The predicted octanol–water partition coefficient (Wildman–Crippen LogP) is 2.79. The van der Waals surface area contributed by atoms with Crippen molar-refractivity contribution in [1.29, 1.82) is 0 Å². The van der Waals surface area contributed by atoms with Crippen LogP contribution in [0.1, 0.15) is 26.7 Å². The number of nitrogens with two attached hydrogens (primary N) is 1. The first-order valence-electron chi connectivity index (χ1n) is 7.37. The number of hydrazone groups is 1. The van der Waals surface area contributed by atoms with Gasteiger partial charge in [0.2, 0.25) is 6.41 Å². The maximum Gasteiger partial charge on any atom is 0.207 e. The van der Waals surface area contributed by atoms with E-state index in [0.29, 0.717) is 19.4 Å². The average molecular weight is 300 g/mol. The molecule has 0 aliphatic carbocycles. The Hall–Kier alpha value is -2.56. The number of hydrogen-bond donors (Lipinski definition) is 3. The molecule has 0 atom stereocenters. The summed E-state index contributed by atoms with van der Waals surface area (Å²) in [7, 11) is 0. The van der Waals surface area contributed by atoms with Crippen LogP contribution in [0.15, 0.2) is 58.9 Å². The number of benzene rings is 1. The van der Waals surface area contributed by atoms with Crippen LogP contribution in [0.25, 0.3) is 0 Å². The summed E-state index contributed by atoms with van der Waals surface area (Å²) in [5.41, 5.74) is 12.4. The first-order valence-corrected chi connectivity index (χ1v) is 7.37. The Labute approximate surface area is 132 Å². The standard InChI is InChI=1S/C17H24N4O/c1-3-7-15(10-11-19-13-22)17(14(2)12-18)21-20-16-8-5-4-6-9-16/h4-9,12-13,20H,3,10-11,18H2,1-2H3,(H,19,22)/b14-12+,15-7+,21-17+. The van der Waals surface area contributed by atoms with Crippen molar-refractivity contribution >= 4 is 17.8 Å². The minimum Gasteiger partial charge on any atom is -0.404 e. The third kappa shape index (κ3) is 5.83. The minimum absolute atomic E-state index is 0.567. The summed E-state index contributed by atoms with van der Waals surface area (Å²) in [5.74, 6) is 0. The third-order valence-electron chi connectivity index (χ3n) is 3.07. The maximum atomic E-state index is 10.4. The van der Waals surface area contributed by atoms with Crippen molar-refractivity contribution in [3.63, 3.8) is 0 Å². The van der Waals surface area contributed by atoms with E-state index < -0.39 is 0 Å². The molecule has 4 N–H and O–H groups in total. The molecule has 1 rings (SSSR count). The highest BCUT2D eigenvalue weighted by molar-refractivity contribution is 6.12. The number of para-hydroxylation sites is 1. The monoisotopic (exact) mass is 300 g/mol. The fourth-order valence-electron chi connectivity index (χ4n) is 1.95. The quantitative estimate of drug-likeness (QED) is 0.284. The summed E-state index contributed by atoms with van der Waals surface area (Å²) in [6.07, 6.45) is 5.94. The molecule has 0 heterocycles. The van der Waals surface area contributed by atoms with Crippen LogP contribution in [0, 0.1) is 0 Å². The molecule has 0 aliphatic heterocycles. The summed E-state index contributed by atoms with van der Waals surface area (Å²) >= 11 is 0. The van der Waals surface area contributed by atoms with E-state index in [1.165, 1.54) is 0 Å². The minimum atomic E-state index is 0.567. The molecule has 5 heteroatoms. The molecule has 5 nitrogen and oxygen atoms in total. The van der Waals surface area contributed by atoms with Gasteiger partial charge < -0.3 is 11.1 Å². The number of amides is 1. The Morgan fingerprint density at radius 3 is 2.64 bits per heavy atom. The molecule has 0 saturated heterocycles. The van der Waals surface area contributed by atoms with E-state index in [9.17, 15) is 4.79 Å². The van der Waals surface area contributed by atoms with Crippen molar-refractivity contribution in [3.05, 3.63) is 53.8 Å². The van der Waals surface area contributed by atoms with Gasteiger partial charge in [-0.1, -0.05) is 31.2 Å². The highest BCUT2D eigenvalue weighted by Crippen LogP contribution is 2.14. The van der Waals surface area contributed by atoms with Crippen LogP contribution in [-0.4, -0.2) is 18.7 Å². The predicted molar refractivity (Wildman–Crippen MR) is 92.5 cm³/mol. The molecular weight excluding hydrogens is 276 g/mol. The molecule has 1 aromatic rings. The van der Waals surface area contributed by atoms with E-state index in [-0.39, 0.29) is 0 Å². The van der Waals surface area contributed by atoms with E-state index in [1.54, 1.807) is 6.20 Å². The summed E-state index contributed by atoms with van der Waals surface area (Å²) in [6.45, 7) is 4.55. The van der Waals surface area contributed by atoms with Crippen molar-refractivity contribution in [2.45, 2.75) is 26.7 Å². The molecule has 1 aromatic carbocycles. The molecule has 0 fully saturated rings. The van der Waals surface area contributed by atoms with Gasteiger partial charge in [-0.15, -0.1) is 0 Å². The second-order valence-electron chi connectivity index (χ2n) is 4.75. The molecule has 0 unspecified atom stereocenters. The topological polar surface area (TPSA) is 79.5 Å². The Balaban J connectivity index is 2.98. The smallest absolute Gasteiger partial charge is 0.207 e. The number of carbonyl (C=O) groups excluding carboxylic acids is 1. The lowest BCUT2D eigenvalue weighted by Crippen LogP contribution is -2.17. The van der Waals surface area contributed by atoms with Gasteiger partial charge >= 0.3 is 0 Å². The summed E-state index contributed by atoms with van der Waals surface area (Å²) < 4.78 is 0. The first kappa shape index (κ1) is 17.5. The van der Waals surface area contributed by atoms with E-state index in [1.807, 2.05) is 37.3 Å². The van der Waals surface area contributed by atoms with Gasteiger partial charge in [-0.25, -0.2) is 0 Å². The number of allylic oxidation sites excluding steroid dienone is 2. The number of anilines is 1. The van der Waals surface area contributed by atoms with E-state index in [4.69, 9.17) is 5.73 Å². The molecule has 22 heavy (non-hydrogen) atoms. The molecule has 0 aliphatic rings. The van der Waals surface area contributed by atoms with Crippen LogP contribution in [-0.2, 0) is 4.79 Å². The molecule has 1 amide bonds. The average Bonchev–Trinajstić information content (AvgIpc) is 2.55. The van der Waals surface area contributed by atoms with Crippen LogP contribution in [0.3, 0.4) is 0 Å². The summed E-state index contributed by atoms with van der Waals surface area (Å²) in [5, 5.41) is 7.17. The first-order chi connectivity index (χ1) is 10.7.